The fraction of sp³-hybridized carbons (Fsp3) is 0.421. The molecule has 2 aliphatic rings. The Kier molecular flexibility index (Phi) is 11.8. The van der Waals surface area contributed by atoms with E-state index in [-0.39, 0.29) is 24.6 Å². The van der Waals surface area contributed by atoms with Gasteiger partial charge in [0.25, 0.3) is 0 Å². The van der Waals surface area contributed by atoms with Gasteiger partial charge in [0, 0.05) is 6.54 Å². The van der Waals surface area contributed by atoms with Gasteiger partial charge in [-0.3, -0.25) is 4.79 Å². The number of benzene rings is 3. The number of aromatic nitrogens is 2. The minimum absolute atomic E-state index is 0.0996. The zero-order valence-electron chi connectivity index (χ0n) is 28.1. The van der Waals surface area contributed by atoms with Crippen LogP contribution in [0.25, 0.3) is 11.0 Å². The molecule has 0 amide bonds. The monoisotopic (exact) mass is 654 g/mol. The minimum atomic E-state index is -0.657. The molecule has 48 heavy (non-hydrogen) atoms. The van der Waals surface area contributed by atoms with Gasteiger partial charge >= 0.3 is 18.0 Å². The third-order valence-corrected chi connectivity index (χ3v) is 8.19. The summed E-state index contributed by atoms with van der Waals surface area (Å²) in [6.07, 6.45) is 5.11. The average Bonchev–Trinajstić information content (AvgIpc) is 3.50. The molecule has 4 aromatic rings. The second kappa shape index (κ2) is 16.4. The van der Waals surface area contributed by atoms with Crippen molar-refractivity contribution in [2.75, 3.05) is 18.0 Å². The molecule has 0 bridgehead atoms. The Morgan fingerprint density at radius 3 is 2.00 bits per heavy atom. The van der Waals surface area contributed by atoms with Crippen molar-refractivity contribution in [2.24, 2.45) is 0 Å². The molecule has 0 saturated carbocycles. The third-order valence-electron chi connectivity index (χ3n) is 8.19. The smallest absolute Gasteiger partial charge is 0.421 e. The molecule has 1 N–H and O–H groups in total. The van der Waals surface area contributed by atoms with Gasteiger partial charge in [0.1, 0.15) is 30.9 Å². The van der Waals surface area contributed by atoms with Crippen molar-refractivity contribution in [3.05, 3.63) is 96.1 Å². The first kappa shape index (κ1) is 34.6. The molecule has 0 unspecified atom stereocenters. The number of ether oxygens (including phenoxy) is 3. The molecule has 10 heteroatoms. The second-order valence-electron chi connectivity index (χ2n) is 13.1. The van der Waals surface area contributed by atoms with Crippen LogP contribution in [0.2, 0.25) is 0 Å². The number of nitrogens with zero attached hydrogens (tertiary/aromatic N) is 3. The van der Waals surface area contributed by atoms with Crippen molar-refractivity contribution in [1.82, 2.24) is 14.9 Å². The number of carbonyl (C=O) groups is 3. The van der Waals surface area contributed by atoms with Gasteiger partial charge in [-0.05, 0) is 82.7 Å². The molecule has 1 aromatic heterocycles. The second-order valence-corrected chi connectivity index (χ2v) is 13.1. The predicted octanol–water partition coefficient (Wildman–Crippen LogP) is 6.79. The Hall–Kier alpha value is -4.70. The molecule has 0 radical (unpaired) electrons. The van der Waals surface area contributed by atoms with Gasteiger partial charge < -0.3 is 24.4 Å². The van der Waals surface area contributed by atoms with Gasteiger partial charge in [-0.2, -0.15) is 0 Å². The first-order chi connectivity index (χ1) is 23.2. The Morgan fingerprint density at radius 1 is 0.771 bits per heavy atom. The Morgan fingerprint density at radius 2 is 1.38 bits per heavy atom. The Labute approximate surface area is 282 Å². The van der Waals surface area contributed by atoms with Gasteiger partial charge in [-0.25, -0.2) is 19.1 Å². The van der Waals surface area contributed by atoms with Gasteiger partial charge in [-0.15, -0.1) is 0 Å². The Balaban J connectivity index is 0.000000236. The fourth-order valence-corrected chi connectivity index (χ4v) is 5.82. The maximum Gasteiger partial charge on any atom is 0.421 e. The van der Waals surface area contributed by atoms with Crippen LogP contribution in [0, 0.1) is 0 Å². The summed E-state index contributed by atoms with van der Waals surface area (Å²) in [4.78, 5) is 44.5. The van der Waals surface area contributed by atoms with E-state index in [0.717, 1.165) is 49.8 Å². The number of nitrogens with one attached hydrogen (secondary N) is 1. The van der Waals surface area contributed by atoms with Gasteiger partial charge in [0.15, 0.2) is 0 Å². The summed E-state index contributed by atoms with van der Waals surface area (Å²) in [5, 5.41) is 3.18. The summed E-state index contributed by atoms with van der Waals surface area (Å²) >= 11 is 0. The number of anilines is 1. The van der Waals surface area contributed by atoms with E-state index in [2.05, 4.69) is 5.32 Å². The van der Waals surface area contributed by atoms with Crippen molar-refractivity contribution in [3.63, 3.8) is 0 Å². The number of fused-ring (bicyclic) bond motifs is 1. The van der Waals surface area contributed by atoms with Crippen molar-refractivity contribution < 1.29 is 28.6 Å². The molecule has 10 nitrogen and oxygen atoms in total. The molecule has 6 rings (SSSR count). The zero-order chi connectivity index (χ0) is 33.9. The van der Waals surface area contributed by atoms with E-state index in [9.17, 15) is 14.4 Å². The molecular formula is C38H46N4O6. The number of esters is 2. The van der Waals surface area contributed by atoms with Crippen LogP contribution in [0.1, 0.15) is 70.4 Å². The highest BCUT2D eigenvalue weighted by molar-refractivity contribution is 5.92. The average molecular weight is 655 g/mol. The molecule has 2 fully saturated rings. The van der Waals surface area contributed by atoms with Crippen molar-refractivity contribution in [1.29, 1.82) is 0 Å². The quantitative estimate of drug-likeness (QED) is 0.170. The molecule has 2 aliphatic heterocycles. The van der Waals surface area contributed by atoms with E-state index in [1.807, 2.05) is 111 Å². The Bertz CT molecular complexity index is 1640. The first-order valence-corrected chi connectivity index (χ1v) is 16.8. The topological polar surface area (TPSA) is 112 Å². The molecule has 3 aromatic carbocycles. The first-order valence-electron chi connectivity index (χ1n) is 16.8. The lowest BCUT2D eigenvalue weighted by Gasteiger charge is -2.35. The third kappa shape index (κ3) is 9.44. The summed E-state index contributed by atoms with van der Waals surface area (Å²) < 4.78 is 18.0. The predicted molar refractivity (Wildman–Crippen MR) is 184 cm³/mol. The van der Waals surface area contributed by atoms with Crippen molar-refractivity contribution >= 4 is 35.0 Å². The normalized spacial score (nSPS) is 17.9. The van der Waals surface area contributed by atoms with Crippen LogP contribution >= 0.6 is 0 Å². The van der Waals surface area contributed by atoms with Crippen LogP contribution in [0.3, 0.4) is 0 Å². The van der Waals surface area contributed by atoms with Gasteiger partial charge in [-0.1, -0.05) is 79.2 Å². The highest BCUT2D eigenvalue weighted by Gasteiger charge is 2.35. The lowest BCUT2D eigenvalue weighted by Crippen LogP contribution is -2.47. The lowest BCUT2D eigenvalue weighted by molar-refractivity contribution is -0.148. The summed E-state index contributed by atoms with van der Waals surface area (Å²) in [7, 11) is 0. The summed E-state index contributed by atoms with van der Waals surface area (Å²) in [5.41, 5.74) is 2.64. The van der Waals surface area contributed by atoms with Gasteiger partial charge in [0.05, 0.1) is 11.0 Å². The van der Waals surface area contributed by atoms with E-state index in [1.54, 1.807) is 0 Å². The minimum Gasteiger partial charge on any atom is -0.460 e. The van der Waals surface area contributed by atoms with Crippen LogP contribution < -0.4 is 10.2 Å². The fourth-order valence-electron chi connectivity index (χ4n) is 5.82. The van der Waals surface area contributed by atoms with Crippen LogP contribution in [0.5, 0.6) is 0 Å². The van der Waals surface area contributed by atoms with E-state index in [1.165, 1.54) is 4.57 Å². The number of rotatable bonds is 7. The molecule has 0 spiro atoms. The SMILES string of the molecule is CC(C)(C)OC(=O)n1c(N2CCCC[C@H]2C(=O)OCc2ccccc2)nc2ccccc21.O=C(OCc1ccccc1)[C@@H]1CCCCN1. The standard InChI is InChI=1S/C25H29N3O4.C13H17NO2/c1-25(2,3)32-24(30)28-20-14-8-7-13-19(20)26-23(28)27-16-10-9-15-21(27)22(29)31-17-18-11-5-4-6-12-18;15-13(12-8-4-5-9-14-12)16-10-11-6-2-1-3-7-11/h4-8,11-14,21H,9-10,15-17H2,1-3H3;1-3,6-7,12,14H,4-5,8-10H2/t21-;12-/m00/s1. The molecule has 2 saturated heterocycles. The lowest BCUT2D eigenvalue weighted by atomic mass is 10.0. The number of carbonyl (C=O) groups excluding carboxylic acids is 3. The van der Waals surface area contributed by atoms with E-state index >= 15 is 0 Å². The zero-order valence-corrected chi connectivity index (χ0v) is 28.1. The van der Waals surface area contributed by atoms with E-state index < -0.39 is 17.7 Å². The van der Waals surface area contributed by atoms with Crippen molar-refractivity contribution in [3.8, 4) is 0 Å². The van der Waals surface area contributed by atoms with Crippen LogP contribution in [-0.2, 0) is 37.0 Å². The van der Waals surface area contributed by atoms with Crippen LogP contribution in [0.4, 0.5) is 10.7 Å². The highest BCUT2D eigenvalue weighted by atomic mass is 16.6. The maximum atomic E-state index is 13.1. The number of hydrogen-bond donors (Lipinski definition) is 1. The van der Waals surface area contributed by atoms with Crippen molar-refractivity contribution in [2.45, 2.75) is 90.2 Å². The number of hydrogen-bond acceptors (Lipinski definition) is 9. The van der Waals surface area contributed by atoms with Crippen LogP contribution in [-0.4, -0.2) is 58.4 Å². The molecular weight excluding hydrogens is 608 g/mol. The summed E-state index contributed by atoms with van der Waals surface area (Å²) in [6.45, 7) is 7.60. The molecule has 0 aliphatic carbocycles. The summed E-state index contributed by atoms with van der Waals surface area (Å²) in [6, 6.07) is 26.2. The maximum absolute atomic E-state index is 13.1. The van der Waals surface area contributed by atoms with E-state index in [0.29, 0.717) is 36.6 Å². The largest absolute Gasteiger partial charge is 0.460 e. The molecule has 3 heterocycles. The number of piperidine rings is 2. The highest BCUT2D eigenvalue weighted by Crippen LogP contribution is 2.30. The number of imidazole rings is 1. The van der Waals surface area contributed by atoms with Gasteiger partial charge in [0.2, 0.25) is 5.95 Å². The number of para-hydroxylation sites is 2. The van der Waals surface area contributed by atoms with E-state index in [4.69, 9.17) is 19.2 Å². The molecule has 254 valence electrons. The van der Waals surface area contributed by atoms with Crippen LogP contribution in [0.15, 0.2) is 84.9 Å². The summed E-state index contributed by atoms with van der Waals surface area (Å²) in [5.74, 6) is -0.0123. The molecule has 2 atom stereocenters.